The summed E-state index contributed by atoms with van der Waals surface area (Å²) in [4.78, 5) is 28.8. The fourth-order valence-corrected chi connectivity index (χ4v) is 3.06. The highest BCUT2D eigenvalue weighted by Gasteiger charge is 2.30. The fraction of sp³-hybridized carbons (Fsp3) is 0.267. The number of hydrogen-bond donors (Lipinski definition) is 2. The molecule has 2 amide bonds. The Morgan fingerprint density at radius 3 is 2.68 bits per heavy atom. The van der Waals surface area contributed by atoms with E-state index in [1.807, 2.05) is 29.6 Å². The molecule has 3 rings (SSSR count). The molecule has 114 valence electrons. The molecule has 1 unspecified atom stereocenters. The van der Waals surface area contributed by atoms with Gasteiger partial charge in [0.05, 0.1) is 5.92 Å². The van der Waals surface area contributed by atoms with Crippen molar-refractivity contribution < 1.29 is 14.7 Å². The van der Waals surface area contributed by atoms with Gasteiger partial charge in [-0.2, -0.15) is 0 Å². The zero-order valence-electron chi connectivity index (χ0n) is 11.7. The van der Waals surface area contributed by atoms with Crippen molar-refractivity contribution in [3.8, 4) is 10.6 Å². The number of anilines is 1. The predicted octanol–water partition coefficient (Wildman–Crippen LogP) is 2.75. The van der Waals surface area contributed by atoms with E-state index in [2.05, 4.69) is 10.3 Å². The minimum atomic E-state index is -0.844. The van der Waals surface area contributed by atoms with E-state index in [0.29, 0.717) is 18.7 Å². The second kappa shape index (κ2) is 6.15. The number of likely N-dealkylation sites (tertiary alicyclic amines) is 1. The standard InChI is InChI=1S/C15H15N3O3S/c19-14(20)11-5-7-18(9-11)15(21)17-12-3-1-10(2-4-12)13-16-6-8-22-13/h1-4,6,8,11H,5,7,9H2,(H,17,21)(H,19,20). The van der Waals surface area contributed by atoms with E-state index in [1.165, 1.54) is 4.90 Å². The summed E-state index contributed by atoms with van der Waals surface area (Å²) in [6.07, 6.45) is 2.26. The third-order valence-electron chi connectivity index (χ3n) is 3.64. The van der Waals surface area contributed by atoms with Crippen LogP contribution in [0.1, 0.15) is 6.42 Å². The topological polar surface area (TPSA) is 82.5 Å². The molecule has 2 aromatic rings. The highest BCUT2D eigenvalue weighted by Crippen LogP contribution is 2.24. The summed E-state index contributed by atoms with van der Waals surface area (Å²) in [7, 11) is 0. The number of rotatable bonds is 3. The number of carbonyl (C=O) groups excluding carboxylic acids is 1. The fourth-order valence-electron chi connectivity index (χ4n) is 2.41. The molecule has 1 aliphatic rings. The molecular formula is C15H15N3O3S. The van der Waals surface area contributed by atoms with E-state index < -0.39 is 11.9 Å². The van der Waals surface area contributed by atoms with Crippen LogP contribution in [0.15, 0.2) is 35.8 Å². The number of nitrogens with zero attached hydrogens (tertiary/aromatic N) is 2. The van der Waals surface area contributed by atoms with Crippen LogP contribution in [0.4, 0.5) is 10.5 Å². The highest BCUT2D eigenvalue weighted by atomic mass is 32.1. The molecule has 0 saturated carbocycles. The highest BCUT2D eigenvalue weighted by molar-refractivity contribution is 7.13. The van der Waals surface area contributed by atoms with Gasteiger partial charge in [0.2, 0.25) is 0 Å². The van der Waals surface area contributed by atoms with Gasteiger partial charge in [0.1, 0.15) is 5.01 Å². The number of thiazole rings is 1. The first-order valence-corrected chi connectivity index (χ1v) is 7.80. The summed E-state index contributed by atoms with van der Waals surface area (Å²) in [6, 6.07) is 7.18. The van der Waals surface area contributed by atoms with Gasteiger partial charge in [-0.3, -0.25) is 4.79 Å². The quantitative estimate of drug-likeness (QED) is 0.912. The SMILES string of the molecule is O=C(O)C1CCN(C(=O)Nc2ccc(-c3nccs3)cc2)C1. The first-order chi connectivity index (χ1) is 10.6. The van der Waals surface area contributed by atoms with Gasteiger partial charge in [-0.25, -0.2) is 9.78 Å². The van der Waals surface area contributed by atoms with Crippen LogP contribution in [0.3, 0.4) is 0 Å². The van der Waals surface area contributed by atoms with Crippen LogP contribution >= 0.6 is 11.3 Å². The number of urea groups is 1. The third-order valence-corrected chi connectivity index (χ3v) is 4.46. The monoisotopic (exact) mass is 317 g/mol. The van der Waals surface area contributed by atoms with Crippen molar-refractivity contribution in [2.45, 2.75) is 6.42 Å². The maximum Gasteiger partial charge on any atom is 0.321 e. The number of hydrogen-bond acceptors (Lipinski definition) is 4. The van der Waals surface area contributed by atoms with Crippen molar-refractivity contribution in [3.05, 3.63) is 35.8 Å². The van der Waals surface area contributed by atoms with Crippen molar-refractivity contribution >= 4 is 29.0 Å². The number of nitrogens with one attached hydrogen (secondary N) is 1. The Balaban J connectivity index is 1.61. The Kier molecular flexibility index (Phi) is 4.06. The largest absolute Gasteiger partial charge is 0.481 e. The smallest absolute Gasteiger partial charge is 0.321 e. The van der Waals surface area contributed by atoms with E-state index >= 15 is 0 Å². The first kappa shape index (κ1) is 14.5. The van der Waals surface area contributed by atoms with Crippen molar-refractivity contribution in [3.63, 3.8) is 0 Å². The summed E-state index contributed by atoms with van der Waals surface area (Å²) in [5, 5.41) is 14.6. The molecule has 0 bridgehead atoms. The second-order valence-corrected chi connectivity index (χ2v) is 6.01. The number of aromatic nitrogens is 1. The van der Waals surface area contributed by atoms with E-state index in [1.54, 1.807) is 17.5 Å². The molecule has 0 radical (unpaired) electrons. The number of carboxylic acid groups (broad SMARTS) is 1. The molecule has 1 aliphatic heterocycles. The lowest BCUT2D eigenvalue weighted by Crippen LogP contribution is -2.33. The predicted molar refractivity (Wildman–Crippen MR) is 83.9 cm³/mol. The minimum Gasteiger partial charge on any atom is -0.481 e. The molecule has 0 aliphatic carbocycles. The molecule has 6 nitrogen and oxygen atoms in total. The summed E-state index contributed by atoms with van der Waals surface area (Å²) in [6.45, 7) is 0.734. The van der Waals surface area contributed by atoms with Crippen LogP contribution in [0.5, 0.6) is 0 Å². The second-order valence-electron chi connectivity index (χ2n) is 5.11. The lowest BCUT2D eigenvalue weighted by atomic mass is 10.1. The normalized spacial score (nSPS) is 17.5. The van der Waals surface area contributed by atoms with E-state index in [0.717, 1.165) is 10.6 Å². The number of amides is 2. The molecule has 1 saturated heterocycles. The average Bonchev–Trinajstić information content (AvgIpc) is 3.20. The van der Waals surface area contributed by atoms with Crippen LogP contribution in [0.2, 0.25) is 0 Å². The first-order valence-electron chi connectivity index (χ1n) is 6.92. The number of carbonyl (C=O) groups is 2. The third kappa shape index (κ3) is 3.09. The minimum absolute atomic E-state index is 0.259. The van der Waals surface area contributed by atoms with E-state index in [-0.39, 0.29) is 12.6 Å². The van der Waals surface area contributed by atoms with Gasteiger partial charge >= 0.3 is 12.0 Å². The molecular weight excluding hydrogens is 302 g/mol. The maximum atomic E-state index is 12.1. The zero-order valence-corrected chi connectivity index (χ0v) is 12.5. The van der Waals surface area contributed by atoms with Crippen LogP contribution in [0.25, 0.3) is 10.6 Å². The van der Waals surface area contributed by atoms with E-state index in [4.69, 9.17) is 5.11 Å². The van der Waals surface area contributed by atoms with Gasteiger partial charge < -0.3 is 15.3 Å². The number of carboxylic acids is 1. The van der Waals surface area contributed by atoms with Gasteiger partial charge in [0.15, 0.2) is 0 Å². The van der Waals surface area contributed by atoms with Crippen LogP contribution in [-0.4, -0.2) is 40.1 Å². The van der Waals surface area contributed by atoms with Gasteiger partial charge in [-0.05, 0) is 30.7 Å². The summed E-state index contributed by atoms with van der Waals surface area (Å²) in [5.41, 5.74) is 1.68. The Bertz CT molecular complexity index is 670. The van der Waals surface area contributed by atoms with E-state index in [9.17, 15) is 9.59 Å². The molecule has 1 fully saturated rings. The molecule has 2 heterocycles. The molecule has 1 atom stereocenters. The Morgan fingerprint density at radius 2 is 2.09 bits per heavy atom. The number of aliphatic carboxylic acids is 1. The number of benzene rings is 1. The molecule has 7 heteroatoms. The van der Waals surface area contributed by atoms with Crippen molar-refractivity contribution in [2.75, 3.05) is 18.4 Å². The Labute approximate surface area is 131 Å². The summed E-state index contributed by atoms with van der Waals surface area (Å²) < 4.78 is 0. The van der Waals surface area contributed by atoms with Gasteiger partial charge in [-0.1, -0.05) is 0 Å². The van der Waals surface area contributed by atoms with Crippen molar-refractivity contribution in [1.29, 1.82) is 0 Å². The zero-order chi connectivity index (χ0) is 15.5. The van der Waals surface area contributed by atoms with Gasteiger partial charge in [0.25, 0.3) is 0 Å². The maximum absolute atomic E-state index is 12.1. The van der Waals surface area contributed by atoms with Crippen molar-refractivity contribution in [1.82, 2.24) is 9.88 Å². The molecule has 2 N–H and O–H groups in total. The van der Waals surface area contributed by atoms with Crippen LogP contribution < -0.4 is 5.32 Å². The average molecular weight is 317 g/mol. The summed E-state index contributed by atoms with van der Waals surface area (Å²) in [5.74, 6) is -1.30. The summed E-state index contributed by atoms with van der Waals surface area (Å²) >= 11 is 1.56. The molecule has 1 aromatic heterocycles. The van der Waals surface area contributed by atoms with Crippen molar-refractivity contribution in [2.24, 2.45) is 5.92 Å². The molecule has 0 spiro atoms. The molecule has 22 heavy (non-hydrogen) atoms. The Morgan fingerprint density at radius 1 is 1.32 bits per heavy atom. The molecule has 1 aromatic carbocycles. The van der Waals surface area contributed by atoms with Gasteiger partial charge in [-0.15, -0.1) is 11.3 Å². The van der Waals surface area contributed by atoms with Crippen LogP contribution in [-0.2, 0) is 4.79 Å². The van der Waals surface area contributed by atoms with Gasteiger partial charge in [0, 0.05) is 35.9 Å². The Hall–Kier alpha value is -2.41. The van der Waals surface area contributed by atoms with Crippen LogP contribution in [0, 0.1) is 5.92 Å². The lowest BCUT2D eigenvalue weighted by molar-refractivity contribution is -0.141. The lowest BCUT2D eigenvalue weighted by Gasteiger charge is -2.16.